The van der Waals surface area contributed by atoms with Gasteiger partial charge in [0.2, 0.25) is 0 Å². The summed E-state index contributed by atoms with van der Waals surface area (Å²) in [6.07, 6.45) is 14.6. The maximum Gasteiger partial charge on any atom is 0.309 e. The Hall–Kier alpha value is -2.67. The number of Topliss-reactive ketones (excluding diaryl/α,β-unsaturated/α-hetero) is 1. The van der Waals surface area contributed by atoms with Crippen molar-refractivity contribution in [3.05, 3.63) is 41.0 Å². The summed E-state index contributed by atoms with van der Waals surface area (Å²) in [5, 5.41) is 19.8. The lowest BCUT2D eigenvalue weighted by molar-refractivity contribution is -0.255. The van der Waals surface area contributed by atoms with Crippen molar-refractivity contribution in [3.8, 4) is 5.75 Å². The Morgan fingerprint density at radius 3 is 2.21 bits per heavy atom. The van der Waals surface area contributed by atoms with E-state index in [1.165, 1.54) is 24.0 Å². The number of carboxylic acids is 1. The highest BCUT2D eigenvalue weighted by Crippen LogP contribution is 2.77. The summed E-state index contributed by atoms with van der Waals surface area (Å²) in [6.45, 7) is 24.4. The Labute approximate surface area is 344 Å². The number of carboxylic acid groups (broad SMARTS) is 1. The molecule has 2 N–H and O–H groups in total. The van der Waals surface area contributed by atoms with E-state index in [1.807, 2.05) is 12.1 Å². The maximum absolute atomic E-state index is 14.3. The first-order valence-corrected chi connectivity index (χ1v) is 22.9. The molecule has 1 aromatic rings. The Balaban J connectivity index is 1.15. The molecule has 1 aromatic carbocycles. The number of carbonyl (C=O) groups is 3. The Kier molecular flexibility index (Phi) is 10.8. The van der Waals surface area contributed by atoms with E-state index in [1.54, 1.807) is 19.4 Å². The van der Waals surface area contributed by atoms with Crippen LogP contribution >= 0.6 is 0 Å². The number of ketones is 1. The summed E-state index contributed by atoms with van der Waals surface area (Å²) >= 11 is 0. The van der Waals surface area contributed by atoms with Crippen LogP contribution in [-0.2, 0) is 24.7 Å². The number of unbranched alkanes of at least 4 members (excludes halogenated alkanes) is 1. The second-order valence-electron chi connectivity index (χ2n) is 22.3. The molecule has 0 aliphatic heterocycles. The van der Waals surface area contributed by atoms with E-state index in [0.29, 0.717) is 35.7 Å². The maximum atomic E-state index is 14.3. The molecule has 0 radical (unpaired) electrons. The first-order valence-electron chi connectivity index (χ1n) is 22.9. The average molecular weight is 786 g/mol. The second kappa shape index (κ2) is 14.5. The number of phenols is 1. The van der Waals surface area contributed by atoms with Gasteiger partial charge in [0.25, 0.3) is 0 Å². The van der Waals surface area contributed by atoms with Gasteiger partial charge in [-0.15, -0.1) is 0 Å². The number of ether oxygens (including phenoxy) is 1. The van der Waals surface area contributed by atoms with Gasteiger partial charge in [0.15, 0.2) is 5.78 Å². The number of allylic oxidation sites excluding steroid dienone is 2. The van der Waals surface area contributed by atoms with Crippen LogP contribution in [0.25, 0.3) is 0 Å². The minimum Gasteiger partial charge on any atom is -0.508 e. The van der Waals surface area contributed by atoms with Crippen molar-refractivity contribution in [1.82, 2.24) is 4.90 Å². The summed E-state index contributed by atoms with van der Waals surface area (Å²) in [6, 6.07) is 7.95. The van der Waals surface area contributed by atoms with Crippen molar-refractivity contribution in [3.63, 3.8) is 0 Å². The molecular weight excluding hydrogens is 711 g/mol. The molecule has 5 saturated carbocycles. The molecule has 6 aliphatic rings. The molecule has 6 aliphatic carbocycles. The number of hydrogen-bond acceptors (Lipinski definition) is 6. The summed E-state index contributed by atoms with van der Waals surface area (Å²) in [5.74, 6) is 1.14. The van der Waals surface area contributed by atoms with Crippen molar-refractivity contribution in [2.45, 2.75) is 177 Å². The molecule has 7 nitrogen and oxygen atoms in total. The molecule has 57 heavy (non-hydrogen) atoms. The molecule has 8 atom stereocenters. The van der Waals surface area contributed by atoms with Crippen LogP contribution < -0.4 is 0 Å². The number of nitrogens with zero attached hydrogens (tertiary/aromatic N) is 1. The smallest absolute Gasteiger partial charge is 0.309 e. The van der Waals surface area contributed by atoms with Crippen LogP contribution in [0.4, 0.5) is 0 Å². The number of esters is 1. The number of benzene rings is 1. The van der Waals surface area contributed by atoms with Gasteiger partial charge in [-0.3, -0.25) is 19.3 Å². The van der Waals surface area contributed by atoms with Gasteiger partial charge in [-0.1, -0.05) is 79.5 Å². The van der Waals surface area contributed by atoms with Crippen molar-refractivity contribution >= 4 is 17.7 Å². The third kappa shape index (κ3) is 6.56. The highest BCUT2D eigenvalue weighted by Gasteiger charge is 2.71. The predicted octanol–water partition coefficient (Wildman–Crippen LogP) is 11.3. The van der Waals surface area contributed by atoms with E-state index in [-0.39, 0.29) is 51.1 Å². The van der Waals surface area contributed by atoms with E-state index in [9.17, 15) is 24.6 Å². The zero-order valence-electron chi connectivity index (χ0n) is 37.2. The van der Waals surface area contributed by atoms with E-state index in [4.69, 9.17) is 4.74 Å². The van der Waals surface area contributed by atoms with Crippen LogP contribution in [0.1, 0.15) is 171 Å². The van der Waals surface area contributed by atoms with Gasteiger partial charge in [0.1, 0.15) is 11.9 Å². The van der Waals surface area contributed by atoms with Crippen molar-refractivity contribution < 1.29 is 29.3 Å². The number of fused-ring (bicyclic) bond motifs is 7. The van der Waals surface area contributed by atoms with Gasteiger partial charge in [-0.2, -0.15) is 0 Å². The molecule has 316 valence electrons. The number of aliphatic carboxylic acids is 1. The molecular formula is C50H75NO6. The van der Waals surface area contributed by atoms with Gasteiger partial charge in [-0.25, -0.2) is 0 Å². The molecule has 7 rings (SSSR count). The second-order valence-corrected chi connectivity index (χ2v) is 22.3. The zero-order chi connectivity index (χ0) is 41.6. The number of carbonyl (C=O) groups excluding carboxylic acids is 2. The molecule has 0 spiro atoms. The predicted molar refractivity (Wildman–Crippen MR) is 225 cm³/mol. The topological polar surface area (TPSA) is 104 Å². The van der Waals surface area contributed by atoms with E-state index >= 15 is 0 Å². The monoisotopic (exact) mass is 786 g/mol. The lowest BCUT2D eigenvalue weighted by atomic mass is 9.32. The van der Waals surface area contributed by atoms with Crippen LogP contribution in [0.2, 0.25) is 0 Å². The molecule has 0 aromatic heterocycles. The van der Waals surface area contributed by atoms with Gasteiger partial charge in [0, 0.05) is 22.8 Å². The highest BCUT2D eigenvalue weighted by molar-refractivity contribution is 6.00. The molecule has 7 unspecified atom stereocenters. The summed E-state index contributed by atoms with van der Waals surface area (Å²) in [4.78, 5) is 42.1. The van der Waals surface area contributed by atoms with Gasteiger partial charge in [-0.05, 0) is 167 Å². The zero-order valence-corrected chi connectivity index (χ0v) is 37.2. The van der Waals surface area contributed by atoms with Crippen molar-refractivity contribution in [2.24, 2.45) is 56.2 Å². The molecule has 0 bridgehead atoms. The molecule has 0 amide bonds. The van der Waals surface area contributed by atoms with Crippen LogP contribution in [0.3, 0.4) is 0 Å². The lowest BCUT2D eigenvalue weighted by Gasteiger charge is -2.73. The van der Waals surface area contributed by atoms with Crippen LogP contribution in [0.15, 0.2) is 35.4 Å². The first-order chi connectivity index (χ1) is 26.6. The summed E-state index contributed by atoms with van der Waals surface area (Å²) in [7, 11) is 0. The highest BCUT2D eigenvalue weighted by atomic mass is 16.5. The van der Waals surface area contributed by atoms with Crippen molar-refractivity contribution in [1.29, 1.82) is 0 Å². The Morgan fingerprint density at radius 1 is 0.912 bits per heavy atom. The minimum absolute atomic E-state index is 0.0416. The molecule has 0 heterocycles. The fourth-order valence-electron chi connectivity index (χ4n) is 14.6. The largest absolute Gasteiger partial charge is 0.508 e. The summed E-state index contributed by atoms with van der Waals surface area (Å²) in [5.41, 5.74) is 2.81. The quantitative estimate of drug-likeness (QED) is 0.192. The van der Waals surface area contributed by atoms with E-state index < -0.39 is 17.4 Å². The summed E-state index contributed by atoms with van der Waals surface area (Å²) < 4.78 is 6.26. The van der Waals surface area contributed by atoms with Crippen molar-refractivity contribution in [2.75, 3.05) is 13.1 Å². The van der Waals surface area contributed by atoms with Gasteiger partial charge >= 0.3 is 11.9 Å². The van der Waals surface area contributed by atoms with Gasteiger partial charge < -0.3 is 14.9 Å². The number of hydrogen-bond donors (Lipinski definition) is 2. The standard InChI is InChI=1S/C50H75NO6/c1-11-12-28-51(50(25-26-50)33-13-15-34(52)16-14-33)29-27-49-22-19-36-35(42(49)41(32(2)3)37(53)30-49)17-18-38-46(36,8)23-24-48(10)45(6,7)39(20-21-47(38,48)9)57-40(54)31-44(4,5)43(55)56/h13-16,32,35-36,38-39,52H,11-12,17-31H2,1-10H3,(H,55,56)/t35?,36?,38?,39?,46?,47?,48-,49?/m0/s1. The Morgan fingerprint density at radius 2 is 1.60 bits per heavy atom. The minimum atomic E-state index is -1.16. The third-order valence-electron chi connectivity index (χ3n) is 18.6. The average Bonchev–Trinajstić information content (AvgIpc) is 3.87. The number of phenolic OH excluding ortho intramolecular Hbond substituents is 1. The fraction of sp³-hybridized carbons (Fsp3) is 0.780. The van der Waals surface area contributed by atoms with Crippen LogP contribution in [0.5, 0.6) is 5.75 Å². The number of aromatic hydroxyl groups is 1. The van der Waals surface area contributed by atoms with Crippen LogP contribution in [-0.4, -0.2) is 52.0 Å². The molecule has 5 fully saturated rings. The Bertz CT molecular complexity index is 1770. The molecule has 7 heteroatoms. The lowest BCUT2D eigenvalue weighted by Crippen LogP contribution is -2.67. The van der Waals surface area contributed by atoms with Gasteiger partial charge in [0.05, 0.1) is 11.8 Å². The fourth-order valence-corrected chi connectivity index (χ4v) is 14.6. The van der Waals surface area contributed by atoms with E-state index in [2.05, 4.69) is 72.4 Å². The molecule has 0 saturated heterocycles. The SMILES string of the molecule is CCCCN(CCC12CCC3C(CCC4C3(C)CC[C@@]3(C)C(C)(C)C(OC(=O)CC(C)(C)C(=O)O)CCC43C)C1=C(C(C)C)C(=O)C2)C1(c2ccc(O)cc2)CC1. The normalized spacial score (nSPS) is 36.7. The van der Waals surface area contributed by atoms with Crippen LogP contribution in [0, 0.1) is 56.2 Å². The first kappa shape index (κ1) is 42.5. The number of rotatable bonds is 13. The third-order valence-corrected chi connectivity index (χ3v) is 18.6. The van der Waals surface area contributed by atoms with E-state index in [0.717, 1.165) is 83.7 Å².